The standard InChI is InChI=1S/C20H24N4O4/c1-11(2)27-15-8-13-12(7-14(15)16(21)25)5-6-22-17(13)24-9-19(3)20(4,10-24)28-18(26)23-19/h5-8,11H,9-10H2,1-4H3,(H2,21,25)(H,23,26)/t19-,20+/m1/s1. The Kier molecular flexibility index (Phi) is 3.92. The largest absolute Gasteiger partial charge is 0.490 e. The van der Waals surface area contributed by atoms with Crippen LogP contribution in [0.4, 0.5) is 10.6 Å². The molecule has 2 saturated heterocycles. The number of ether oxygens (including phenoxy) is 2. The number of nitrogens with one attached hydrogen (secondary N) is 1. The number of amides is 2. The summed E-state index contributed by atoms with van der Waals surface area (Å²) in [6.45, 7) is 8.74. The molecule has 8 heteroatoms. The zero-order valence-corrected chi connectivity index (χ0v) is 16.4. The SMILES string of the molecule is CC(C)Oc1cc2c(N3C[C@@]4(C)NC(=O)O[C@@]4(C)C3)nccc2cc1C(N)=O. The summed E-state index contributed by atoms with van der Waals surface area (Å²) in [5, 5.41) is 4.61. The molecule has 2 amide bonds. The molecule has 0 bridgehead atoms. The van der Waals surface area contributed by atoms with Gasteiger partial charge >= 0.3 is 6.09 Å². The predicted octanol–water partition coefficient (Wildman–Crippen LogP) is 2.20. The van der Waals surface area contributed by atoms with Crippen LogP contribution >= 0.6 is 0 Å². The molecule has 1 aromatic heterocycles. The summed E-state index contributed by atoms with van der Waals surface area (Å²) in [7, 11) is 0. The second-order valence-corrected chi connectivity index (χ2v) is 8.17. The second kappa shape index (κ2) is 5.98. The number of alkyl carbamates (subject to hydrolysis) is 1. The first kappa shape index (κ1) is 18.3. The van der Waals surface area contributed by atoms with E-state index in [1.54, 1.807) is 12.3 Å². The number of rotatable bonds is 4. The summed E-state index contributed by atoms with van der Waals surface area (Å²) in [5.41, 5.74) is 4.72. The van der Waals surface area contributed by atoms with Crippen molar-refractivity contribution in [1.82, 2.24) is 10.3 Å². The molecule has 28 heavy (non-hydrogen) atoms. The van der Waals surface area contributed by atoms with Gasteiger partial charge in [0.2, 0.25) is 0 Å². The van der Waals surface area contributed by atoms with E-state index in [9.17, 15) is 9.59 Å². The van der Waals surface area contributed by atoms with Crippen LogP contribution in [-0.2, 0) is 4.74 Å². The topological polar surface area (TPSA) is 107 Å². The lowest BCUT2D eigenvalue weighted by Gasteiger charge is -2.27. The van der Waals surface area contributed by atoms with Gasteiger partial charge in [-0.3, -0.25) is 4.79 Å². The van der Waals surface area contributed by atoms with Gasteiger partial charge in [0.05, 0.1) is 23.8 Å². The molecule has 148 valence electrons. The fourth-order valence-electron chi connectivity index (χ4n) is 4.05. The highest BCUT2D eigenvalue weighted by Crippen LogP contribution is 2.42. The van der Waals surface area contributed by atoms with Crippen LogP contribution in [0.25, 0.3) is 10.8 Å². The van der Waals surface area contributed by atoms with E-state index >= 15 is 0 Å². The number of fused-ring (bicyclic) bond motifs is 2. The van der Waals surface area contributed by atoms with Crippen LogP contribution in [0.5, 0.6) is 5.75 Å². The maximum Gasteiger partial charge on any atom is 0.408 e. The summed E-state index contributed by atoms with van der Waals surface area (Å²) in [4.78, 5) is 30.3. The van der Waals surface area contributed by atoms with Crippen LogP contribution in [0.2, 0.25) is 0 Å². The Labute approximate surface area is 163 Å². The maximum absolute atomic E-state index is 11.9. The smallest absolute Gasteiger partial charge is 0.408 e. The fraction of sp³-hybridized carbons (Fsp3) is 0.450. The Morgan fingerprint density at radius 3 is 2.75 bits per heavy atom. The van der Waals surface area contributed by atoms with Crippen molar-refractivity contribution in [2.24, 2.45) is 5.73 Å². The van der Waals surface area contributed by atoms with Gasteiger partial charge in [0.1, 0.15) is 11.6 Å². The molecule has 0 radical (unpaired) electrons. The third kappa shape index (κ3) is 2.71. The van der Waals surface area contributed by atoms with Crippen molar-refractivity contribution in [1.29, 1.82) is 0 Å². The Morgan fingerprint density at radius 1 is 1.36 bits per heavy atom. The molecule has 0 aliphatic carbocycles. The zero-order chi connectivity index (χ0) is 20.3. The van der Waals surface area contributed by atoms with Gasteiger partial charge in [-0.05, 0) is 51.3 Å². The number of primary amides is 1. The van der Waals surface area contributed by atoms with Crippen LogP contribution in [0.15, 0.2) is 24.4 Å². The number of hydrogen-bond donors (Lipinski definition) is 2. The highest BCUT2D eigenvalue weighted by atomic mass is 16.6. The van der Waals surface area contributed by atoms with Gasteiger partial charge in [-0.15, -0.1) is 0 Å². The highest BCUT2D eigenvalue weighted by molar-refractivity contribution is 6.03. The molecule has 2 fully saturated rings. The average molecular weight is 384 g/mol. The van der Waals surface area contributed by atoms with Crippen molar-refractivity contribution in [3.63, 3.8) is 0 Å². The molecular formula is C20H24N4O4. The van der Waals surface area contributed by atoms with E-state index in [-0.39, 0.29) is 6.10 Å². The molecule has 0 spiro atoms. The third-order valence-electron chi connectivity index (χ3n) is 5.63. The minimum absolute atomic E-state index is 0.108. The second-order valence-electron chi connectivity index (χ2n) is 8.17. The van der Waals surface area contributed by atoms with Crippen molar-refractivity contribution in [3.8, 4) is 5.75 Å². The first-order valence-corrected chi connectivity index (χ1v) is 9.27. The molecule has 3 heterocycles. The lowest BCUT2D eigenvalue weighted by molar-refractivity contribution is 0.0537. The van der Waals surface area contributed by atoms with Crippen LogP contribution in [0.3, 0.4) is 0 Å². The molecular weight excluding hydrogens is 360 g/mol. The van der Waals surface area contributed by atoms with Crippen LogP contribution < -0.4 is 20.7 Å². The number of carbonyl (C=O) groups is 2. The number of benzene rings is 1. The number of hydrogen-bond acceptors (Lipinski definition) is 6. The third-order valence-corrected chi connectivity index (χ3v) is 5.63. The Bertz CT molecular complexity index is 970. The van der Waals surface area contributed by atoms with E-state index in [2.05, 4.69) is 15.2 Å². The van der Waals surface area contributed by atoms with Crippen LogP contribution in [-0.4, -0.2) is 47.3 Å². The first-order chi connectivity index (χ1) is 13.1. The van der Waals surface area contributed by atoms with E-state index in [1.807, 2.05) is 39.8 Å². The van der Waals surface area contributed by atoms with E-state index in [1.165, 1.54) is 0 Å². The van der Waals surface area contributed by atoms with Crippen molar-refractivity contribution >= 4 is 28.6 Å². The van der Waals surface area contributed by atoms with Gasteiger partial charge in [-0.25, -0.2) is 9.78 Å². The monoisotopic (exact) mass is 384 g/mol. The molecule has 2 aliphatic heterocycles. The van der Waals surface area contributed by atoms with Gasteiger partial charge in [-0.2, -0.15) is 0 Å². The molecule has 3 N–H and O–H groups in total. The van der Waals surface area contributed by atoms with Crippen molar-refractivity contribution < 1.29 is 19.1 Å². The molecule has 0 saturated carbocycles. The van der Waals surface area contributed by atoms with E-state index < -0.39 is 23.1 Å². The Hall–Kier alpha value is -3.03. The molecule has 2 atom stereocenters. The normalized spacial score (nSPS) is 26.3. The molecule has 8 nitrogen and oxygen atoms in total. The van der Waals surface area contributed by atoms with E-state index in [4.69, 9.17) is 15.2 Å². The summed E-state index contributed by atoms with van der Waals surface area (Å²) >= 11 is 0. The number of aromatic nitrogens is 1. The minimum Gasteiger partial charge on any atom is -0.490 e. The number of carbonyl (C=O) groups excluding carboxylic acids is 2. The van der Waals surface area contributed by atoms with Crippen LogP contribution in [0.1, 0.15) is 38.1 Å². The molecule has 0 unspecified atom stereocenters. The number of anilines is 1. The molecule has 1 aromatic carbocycles. The summed E-state index contributed by atoms with van der Waals surface area (Å²) in [6.07, 6.45) is 1.20. The van der Waals surface area contributed by atoms with Gasteiger partial charge in [0, 0.05) is 18.1 Å². The highest BCUT2D eigenvalue weighted by Gasteiger charge is 2.61. The molecule has 2 aliphatic rings. The predicted molar refractivity (Wildman–Crippen MR) is 105 cm³/mol. The van der Waals surface area contributed by atoms with Gasteiger partial charge in [0.25, 0.3) is 5.91 Å². The quantitative estimate of drug-likeness (QED) is 0.837. The van der Waals surface area contributed by atoms with Crippen LogP contribution in [0, 0.1) is 0 Å². The Morgan fingerprint density at radius 2 is 2.11 bits per heavy atom. The lowest BCUT2D eigenvalue weighted by Crippen LogP contribution is -2.52. The average Bonchev–Trinajstić information content (AvgIpc) is 2.95. The fourth-order valence-corrected chi connectivity index (χ4v) is 4.05. The lowest BCUT2D eigenvalue weighted by atomic mass is 9.87. The summed E-state index contributed by atoms with van der Waals surface area (Å²) < 4.78 is 11.4. The first-order valence-electron chi connectivity index (χ1n) is 9.27. The molecule has 2 aromatic rings. The zero-order valence-electron chi connectivity index (χ0n) is 16.4. The van der Waals surface area contributed by atoms with Gasteiger partial charge < -0.3 is 25.4 Å². The van der Waals surface area contributed by atoms with Crippen molar-refractivity contribution in [3.05, 3.63) is 30.0 Å². The van der Waals surface area contributed by atoms with Gasteiger partial charge in [-0.1, -0.05) is 0 Å². The number of nitrogens with two attached hydrogens (primary N) is 1. The number of pyridine rings is 1. The maximum atomic E-state index is 11.9. The minimum atomic E-state index is -0.654. The number of nitrogens with zero attached hydrogens (tertiary/aromatic N) is 2. The molecule has 4 rings (SSSR count). The van der Waals surface area contributed by atoms with E-state index in [0.29, 0.717) is 24.4 Å². The summed E-state index contributed by atoms with van der Waals surface area (Å²) in [5.74, 6) is 0.644. The van der Waals surface area contributed by atoms with Crippen molar-refractivity contribution in [2.75, 3.05) is 18.0 Å². The van der Waals surface area contributed by atoms with Crippen molar-refractivity contribution in [2.45, 2.75) is 44.9 Å². The summed E-state index contributed by atoms with van der Waals surface area (Å²) in [6, 6.07) is 5.39. The van der Waals surface area contributed by atoms with Gasteiger partial charge in [0.15, 0.2) is 5.60 Å². The van der Waals surface area contributed by atoms with E-state index in [0.717, 1.165) is 16.6 Å². The Balaban J connectivity index is 1.81.